The van der Waals surface area contributed by atoms with Gasteiger partial charge in [-0.25, -0.2) is 13.2 Å². The minimum absolute atomic E-state index is 0.0166. The first-order chi connectivity index (χ1) is 14.3. The van der Waals surface area contributed by atoms with E-state index in [9.17, 15) is 18.0 Å². The van der Waals surface area contributed by atoms with Crippen LogP contribution in [0.5, 0.6) is 0 Å². The summed E-state index contributed by atoms with van der Waals surface area (Å²) >= 11 is 3.25. The second kappa shape index (κ2) is 9.59. The van der Waals surface area contributed by atoms with Gasteiger partial charge in [-0.05, 0) is 48.5 Å². The SMILES string of the molecule is O=C(COC(=O)c1ccccc1NS(=O)(=O)c1ccc(Br)cc1)NCc1ccco1. The molecule has 0 aliphatic heterocycles. The highest BCUT2D eigenvalue weighted by molar-refractivity contribution is 9.10. The van der Waals surface area contributed by atoms with Crippen molar-refractivity contribution in [2.75, 3.05) is 11.3 Å². The Morgan fingerprint density at radius 1 is 1.00 bits per heavy atom. The van der Waals surface area contributed by atoms with Gasteiger partial charge in [-0.1, -0.05) is 28.1 Å². The van der Waals surface area contributed by atoms with Gasteiger partial charge in [0.25, 0.3) is 15.9 Å². The maximum Gasteiger partial charge on any atom is 0.340 e. The molecule has 0 spiro atoms. The third-order valence-electron chi connectivity index (χ3n) is 3.89. The number of hydrogen-bond donors (Lipinski definition) is 2. The van der Waals surface area contributed by atoms with Crippen LogP contribution in [0.1, 0.15) is 16.1 Å². The van der Waals surface area contributed by atoms with Gasteiger partial charge in [-0.3, -0.25) is 9.52 Å². The third-order valence-corrected chi connectivity index (χ3v) is 5.80. The van der Waals surface area contributed by atoms with Gasteiger partial charge in [-0.15, -0.1) is 0 Å². The fourth-order valence-electron chi connectivity index (χ4n) is 2.43. The molecule has 2 aromatic carbocycles. The van der Waals surface area contributed by atoms with Gasteiger partial charge in [0.1, 0.15) is 5.76 Å². The predicted octanol–water partition coefficient (Wildman–Crippen LogP) is 3.32. The Kier molecular flexibility index (Phi) is 6.91. The number of halogens is 1. The quantitative estimate of drug-likeness (QED) is 0.466. The van der Waals surface area contributed by atoms with Crippen LogP contribution in [0, 0.1) is 0 Å². The predicted molar refractivity (Wildman–Crippen MR) is 112 cm³/mol. The topological polar surface area (TPSA) is 115 Å². The highest BCUT2D eigenvalue weighted by Gasteiger charge is 2.20. The molecule has 0 aliphatic rings. The number of carbonyl (C=O) groups excluding carboxylic acids is 2. The molecule has 156 valence electrons. The van der Waals surface area contributed by atoms with Crippen molar-refractivity contribution < 1.29 is 27.2 Å². The molecule has 0 bridgehead atoms. The molecule has 2 N–H and O–H groups in total. The number of anilines is 1. The van der Waals surface area contributed by atoms with Crippen molar-refractivity contribution in [2.24, 2.45) is 0 Å². The molecule has 10 heteroatoms. The highest BCUT2D eigenvalue weighted by atomic mass is 79.9. The smallest absolute Gasteiger partial charge is 0.340 e. The summed E-state index contributed by atoms with van der Waals surface area (Å²) in [6.07, 6.45) is 1.48. The molecule has 1 amide bonds. The van der Waals surface area contributed by atoms with Crippen molar-refractivity contribution in [3.8, 4) is 0 Å². The van der Waals surface area contributed by atoms with Crippen molar-refractivity contribution in [1.82, 2.24) is 5.32 Å². The molecule has 0 saturated carbocycles. The maximum atomic E-state index is 12.6. The first-order valence-electron chi connectivity index (χ1n) is 8.69. The summed E-state index contributed by atoms with van der Waals surface area (Å²) in [7, 11) is -3.92. The van der Waals surface area contributed by atoms with E-state index in [0.717, 1.165) is 4.47 Å². The van der Waals surface area contributed by atoms with E-state index in [0.29, 0.717) is 5.76 Å². The normalized spacial score (nSPS) is 11.0. The zero-order valence-electron chi connectivity index (χ0n) is 15.5. The number of benzene rings is 2. The van der Waals surface area contributed by atoms with Crippen LogP contribution in [-0.4, -0.2) is 26.9 Å². The maximum absolute atomic E-state index is 12.6. The van der Waals surface area contributed by atoms with Gasteiger partial charge in [0.05, 0.1) is 29.0 Å². The number of ether oxygens (including phenoxy) is 1. The largest absolute Gasteiger partial charge is 0.467 e. The molecule has 0 radical (unpaired) electrons. The molecule has 1 heterocycles. The average molecular weight is 493 g/mol. The van der Waals surface area contributed by atoms with Gasteiger partial charge < -0.3 is 14.5 Å². The summed E-state index contributed by atoms with van der Waals surface area (Å²) in [5.41, 5.74) is 0.0263. The molecule has 1 aromatic heterocycles. The van der Waals surface area contributed by atoms with Crippen molar-refractivity contribution in [3.63, 3.8) is 0 Å². The van der Waals surface area contributed by atoms with Crippen LogP contribution in [0.25, 0.3) is 0 Å². The molecule has 30 heavy (non-hydrogen) atoms. The Hall–Kier alpha value is -3.11. The zero-order chi connectivity index (χ0) is 21.6. The van der Waals surface area contributed by atoms with Crippen LogP contribution in [0.15, 0.2) is 80.7 Å². The summed E-state index contributed by atoms with van der Waals surface area (Å²) in [4.78, 5) is 24.3. The first kappa shape index (κ1) is 21.6. The van der Waals surface area contributed by atoms with E-state index in [4.69, 9.17) is 9.15 Å². The molecular weight excluding hydrogens is 476 g/mol. The molecule has 0 unspecified atom stereocenters. The number of hydrogen-bond acceptors (Lipinski definition) is 6. The summed E-state index contributed by atoms with van der Waals surface area (Å²) in [5.74, 6) is -0.799. The Morgan fingerprint density at radius 2 is 1.73 bits per heavy atom. The van der Waals surface area contributed by atoms with Crippen LogP contribution in [0.3, 0.4) is 0 Å². The van der Waals surface area contributed by atoms with Gasteiger partial charge >= 0.3 is 5.97 Å². The summed E-state index contributed by atoms with van der Waals surface area (Å²) < 4.78 is 38.4. The van der Waals surface area contributed by atoms with Crippen LogP contribution < -0.4 is 10.0 Å². The standard InChI is InChI=1S/C20H17BrN2O6S/c21-14-7-9-16(10-8-14)30(26,27)23-18-6-2-1-5-17(18)20(25)29-13-19(24)22-12-15-4-3-11-28-15/h1-11,23H,12-13H2,(H,22,24). The Morgan fingerprint density at radius 3 is 2.43 bits per heavy atom. The minimum Gasteiger partial charge on any atom is -0.467 e. The average Bonchev–Trinajstić information content (AvgIpc) is 3.24. The van der Waals surface area contributed by atoms with E-state index in [-0.39, 0.29) is 22.7 Å². The fraction of sp³-hybridized carbons (Fsp3) is 0.100. The number of furan rings is 1. The lowest BCUT2D eigenvalue weighted by Crippen LogP contribution is -2.28. The molecular formula is C20H17BrN2O6S. The summed E-state index contributed by atoms with van der Waals surface area (Å²) in [6.45, 7) is -0.361. The zero-order valence-corrected chi connectivity index (χ0v) is 17.9. The molecule has 3 aromatic rings. The number of nitrogens with one attached hydrogen (secondary N) is 2. The molecule has 0 aliphatic carbocycles. The van der Waals surface area contributed by atoms with Gasteiger partial charge in [-0.2, -0.15) is 0 Å². The van der Waals surface area contributed by atoms with Gasteiger partial charge in [0.15, 0.2) is 6.61 Å². The number of rotatable bonds is 8. The monoisotopic (exact) mass is 492 g/mol. The number of carbonyl (C=O) groups is 2. The number of esters is 1. The van der Waals surface area contributed by atoms with Crippen LogP contribution >= 0.6 is 15.9 Å². The van der Waals surface area contributed by atoms with Gasteiger partial charge in [0, 0.05) is 4.47 Å². The Balaban J connectivity index is 1.64. The number of sulfonamides is 1. The van der Waals surface area contributed by atoms with Crippen LogP contribution in [-0.2, 0) is 26.1 Å². The van der Waals surface area contributed by atoms with Crippen LogP contribution in [0.4, 0.5) is 5.69 Å². The van der Waals surface area contributed by atoms with Crippen molar-refractivity contribution in [3.05, 3.63) is 82.7 Å². The number of amides is 1. The van der Waals surface area contributed by atoms with E-state index in [1.807, 2.05) is 0 Å². The van der Waals surface area contributed by atoms with E-state index in [1.165, 1.54) is 30.5 Å². The first-order valence-corrected chi connectivity index (χ1v) is 11.0. The van der Waals surface area contributed by atoms with E-state index < -0.39 is 28.5 Å². The number of para-hydroxylation sites is 1. The Bertz CT molecular complexity index is 1130. The summed E-state index contributed by atoms with van der Waals surface area (Å²) in [6, 6.07) is 15.4. The molecule has 8 nitrogen and oxygen atoms in total. The molecule has 3 rings (SSSR count). The van der Waals surface area contributed by atoms with Crippen molar-refractivity contribution >= 4 is 43.5 Å². The van der Waals surface area contributed by atoms with E-state index >= 15 is 0 Å². The summed E-state index contributed by atoms with van der Waals surface area (Å²) in [5, 5.41) is 2.55. The molecule has 0 saturated heterocycles. The van der Waals surface area contributed by atoms with Gasteiger partial charge in [0.2, 0.25) is 0 Å². The fourth-order valence-corrected chi connectivity index (χ4v) is 3.77. The van der Waals surface area contributed by atoms with Crippen molar-refractivity contribution in [2.45, 2.75) is 11.4 Å². The van der Waals surface area contributed by atoms with Crippen LogP contribution in [0.2, 0.25) is 0 Å². The van der Waals surface area contributed by atoms with Crippen molar-refractivity contribution in [1.29, 1.82) is 0 Å². The lowest BCUT2D eigenvalue weighted by atomic mass is 10.2. The second-order valence-electron chi connectivity index (χ2n) is 6.04. The second-order valence-corrected chi connectivity index (χ2v) is 8.64. The van der Waals surface area contributed by atoms with E-state index in [2.05, 4.69) is 26.0 Å². The molecule has 0 fully saturated rings. The Labute approximate surface area is 181 Å². The molecule has 0 atom stereocenters. The lowest BCUT2D eigenvalue weighted by molar-refractivity contribution is -0.124. The minimum atomic E-state index is -3.92. The van der Waals surface area contributed by atoms with E-state index in [1.54, 1.807) is 36.4 Å². The lowest BCUT2D eigenvalue weighted by Gasteiger charge is -2.12. The highest BCUT2D eigenvalue weighted by Crippen LogP contribution is 2.22. The third kappa shape index (κ3) is 5.71.